The van der Waals surface area contributed by atoms with Gasteiger partial charge in [-0.25, -0.2) is 22.5 Å². The fourth-order valence-corrected chi connectivity index (χ4v) is 4.17. The van der Waals surface area contributed by atoms with Crippen LogP contribution in [-0.2, 0) is 10.0 Å². The summed E-state index contributed by atoms with van der Waals surface area (Å²) >= 11 is 0. The number of sulfonamides is 1. The van der Waals surface area contributed by atoms with Crippen molar-refractivity contribution in [2.24, 2.45) is 5.92 Å². The monoisotopic (exact) mass is 486 g/mol. The summed E-state index contributed by atoms with van der Waals surface area (Å²) in [6, 6.07) is 7.92. The summed E-state index contributed by atoms with van der Waals surface area (Å²) in [4.78, 5) is 19.6. The number of hydrogen-bond acceptors (Lipinski definition) is 9. The van der Waals surface area contributed by atoms with E-state index < -0.39 is 10.0 Å². The average molecular weight is 487 g/mol. The van der Waals surface area contributed by atoms with Crippen molar-refractivity contribution >= 4 is 33.4 Å². The van der Waals surface area contributed by atoms with Crippen molar-refractivity contribution in [3.8, 4) is 0 Å². The highest BCUT2D eigenvalue weighted by molar-refractivity contribution is 7.89. The SMILES string of the molecule is CCS(=O)(=O)NCC1CN(c2cc(Nc3cnccn3)nc(NC(C)c3ccc(F)cc3)n2)C1. The van der Waals surface area contributed by atoms with Crippen molar-refractivity contribution in [3.05, 3.63) is 60.3 Å². The van der Waals surface area contributed by atoms with Gasteiger partial charge in [0.15, 0.2) is 0 Å². The van der Waals surface area contributed by atoms with Gasteiger partial charge in [-0.1, -0.05) is 12.1 Å². The molecule has 1 aromatic carbocycles. The maximum Gasteiger partial charge on any atom is 0.227 e. The summed E-state index contributed by atoms with van der Waals surface area (Å²) in [6.45, 7) is 5.29. The molecule has 1 aliphatic rings. The lowest BCUT2D eigenvalue weighted by molar-refractivity contribution is 0.403. The van der Waals surface area contributed by atoms with Gasteiger partial charge in [-0.2, -0.15) is 9.97 Å². The lowest BCUT2D eigenvalue weighted by Crippen LogP contribution is -2.52. The van der Waals surface area contributed by atoms with Gasteiger partial charge in [0.1, 0.15) is 23.3 Å². The van der Waals surface area contributed by atoms with Crippen molar-refractivity contribution in [1.29, 1.82) is 0 Å². The number of halogens is 1. The van der Waals surface area contributed by atoms with E-state index in [1.54, 1.807) is 37.6 Å². The summed E-state index contributed by atoms with van der Waals surface area (Å²) in [6.07, 6.45) is 4.76. The third-order valence-electron chi connectivity index (χ3n) is 5.50. The number of rotatable bonds is 10. The van der Waals surface area contributed by atoms with E-state index in [0.717, 1.165) is 5.56 Å². The normalized spacial score (nSPS) is 15.0. The molecule has 0 aliphatic carbocycles. The fraction of sp³-hybridized carbons (Fsp3) is 0.364. The van der Waals surface area contributed by atoms with Gasteiger partial charge in [0, 0.05) is 44.0 Å². The molecule has 1 unspecified atom stereocenters. The van der Waals surface area contributed by atoms with Gasteiger partial charge in [0.25, 0.3) is 0 Å². The predicted molar refractivity (Wildman–Crippen MR) is 129 cm³/mol. The van der Waals surface area contributed by atoms with Crippen molar-refractivity contribution in [2.45, 2.75) is 19.9 Å². The quantitative estimate of drug-likeness (QED) is 0.397. The Morgan fingerprint density at radius 3 is 2.59 bits per heavy atom. The Labute approximate surface area is 198 Å². The first kappa shape index (κ1) is 23.8. The van der Waals surface area contributed by atoms with Crippen LogP contribution in [0.3, 0.4) is 0 Å². The molecule has 0 bridgehead atoms. The Morgan fingerprint density at radius 1 is 1.15 bits per heavy atom. The highest BCUT2D eigenvalue weighted by atomic mass is 32.2. The van der Waals surface area contributed by atoms with Gasteiger partial charge in [-0.05, 0) is 31.5 Å². The predicted octanol–water partition coefficient (Wildman–Crippen LogP) is 2.70. The molecule has 1 aliphatic heterocycles. The van der Waals surface area contributed by atoms with Crippen LogP contribution < -0.4 is 20.3 Å². The molecular weight excluding hydrogens is 459 g/mol. The van der Waals surface area contributed by atoms with Crippen molar-refractivity contribution in [2.75, 3.05) is 40.9 Å². The lowest BCUT2D eigenvalue weighted by Gasteiger charge is -2.40. The van der Waals surface area contributed by atoms with Gasteiger partial charge in [0.2, 0.25) is 16.0 Å². The van der Waals surface area contributed by atoms with Crippen LogP contribution in [0.15, 0.2) is 48.9 Å². The molecule has 34 heavy (non-hydrogen) atoms. The van der Waals surface area contributed by atoms with Crippen LogP contribution in [0.4, 0.5) is 27.8 Å². The van der Waals surface area contributed by atoms with Gasteiger partial charge in [-0.3, -0.25) is 4.98 Å². The number of aromatic nitrogens is 4. The minimum Gasteiger partial charge on any atom is -0.356 e. The van der Waals surface area contributed by atoms with E-state index in [2.05, 4.69) is 40.2 Å². The molecule has 0 radical (unpaired) electrons. The van der Waals surface area contributed by atoms with E-state index >= 15 is 0 Å². The molecule has 4 rings (SSSR count). The molecular formula is C22H27FN8O2S. The Morgan fingerprint density at radius 2 is 1.91 bits per heavy atom. The number of hydrogen-bond donors (Lipinski definition) is 3. The Balaban J connectivity index is 1.50. The van der Waals surface area contributed by atoms with Crippen LogP contribution in [-0.4, -0.2) is 53.7 Å². The van der Waals surface area contributed by atoms with Gasteiger partial charge >= 0.3 is 0 Å². The summed E-state index contributed by atoms with van der Waals surface area (Å²) < 4.78 is 39.3. The Kier molecular flexibility index (Phi) is 7.17. The zero-order chi connectivity index (χ0) is 24.1. The minimum atomic E-state index is -3.21. The maximum absolute atomic E-state index is 13.3. The van der Waals surface area contributed by atoms with Crippen LogP contribution in [0.5, 0.6) is 0 Å². The highest BCUT2D eigenvalue weighted by Crippen LogP contribution is 2.28. The molecule has 1 fully saturated rings. The van der Waals surface area contributed by atoms with E-state index in [4.69, 9.17) is 0 Å². The van der Waals surface area contributed by atoms with Crippen LogP contribution in [0, 0.1) is 11.7 Å². The summed E-state index contributed by atoms with van der Waals surface area (Å²) in [7, 11) is -3.21. The van der Waals surface area contributed by atoms with Gasteiger partial charge in [-0.15, -0.1) is 0 Å². The maximum atomic E-state index is 13.3. The first-order chi connectivity index (χ1) is 16.3. The van der Waals surface area contributed by atoms with E-state index in [1.807, 2.05) is 13.0 Å². The zero-order valence-electron chi connectivity index (χ0n) is 18.9. The minimum absolute atomic E-state index is 0.0635. The number of benzene rings is 1. The second kappa shape index (κ2) is 10.3. The molecule has 0 amide bonds. The number of nitrogens with zero attached hydrogens (tertiary/aromatic N) is 5. The van der Waals surface area contributed by atoms with E-state index in [-0.39, 0.29) is 23.5 Å². The summed E-state index contributed by atoms with van der Waals surface area (Å²) in [5, 5.41) is 6.41. The van der Waals surface area contributed by atoms with Crippen LogP contribution in [0.25, 0.3) is 0 Å². The Bertz CT molecular complexity index is 1210. The second-order valence-electron chi connectivity index (χ2n) is 8.09. The Hall–Kier alpha value is -3.38. The molecule has 3 heterocycles. The molecule has 3 N–H and O–H groups in total. The first-order valence-electron chi connectivity index (χ1n) is 11.0. The zero-order valence-corrected chi connectivity index (χ0v) is 19.8. The molecule has 10 nitrogen and oxygen atoms in total. The molecule has 3 aromatic rings. The smallest absolute Gasteiger partial charge is 0.227 e. The highest BCUT2D eigenvalue weighted by Gasteiger charge is 2.29. The lowest BCUT2D eigenvalue weighted by atomic mass is 10.0. The third kappa shape index (κ3) is 6.14. The van der Waals surface area contributed by atoms with E-state index in [9.17, 15) is 12.8 Å². The topological polar surface area (TPSA) is 125 Å². The number of anilines is 4. The second-order valence-corrected chi connectivity index (χ2v) is 10.2. The average Bonchev–Trinajstić information content (AvgIpc) is 2.79. The molecule has 1 saturated heterocycles. The summed E-state index contributed by atoms with van der Waals surface area (Å²) in [5.41, 5.74) is 0.895. The molecule has 12 heteroatoms. The number of nitrogens with one attached hydrogen (secondary N) is 3. The van der Waals surface area contributed by atoms with E-state index in [1.165, 1.54) is 12.1 Å². The van der Waals surface area contributed by atoms with Crippen molar-refractivity contribution in [3.63, 3.8) is 0 Å². The van der Waals surface area contributed by atoms with Crippen LogP contribution in [0.2, 0.25) is 0 Å². The van der Waals surface area contributed by atoms with E-state index in [0.29, 0.717) is 43.0 Å². The van der Waals surface area contributed by atoms with Crippen LogP contribution in [0.1, 0.15) is 25.5 Å². The molecule has 1 atom stereocenters. The van der Waals surface area contributed by atoms with Gasteiger partial charge in [0.05, 0.1) is 18.0 Å². The van der Waals surface area contributed by atoms with Crippen LogP contribution >= 0.6 is 0 Å². The van der Waals surface area contributed by atoms with Crippen molar-refractivity contribution in [1.82, 2.24) is 24.7 Å². The molecule has 2 aromatic heterocycles. The molecule has 0 spiro atoms. The largest absolute Gasteiger partial charge is 0.356 e. The molecule has 180 valence electrons. The summed E-state index contributed by atoms with van der Waals surface area (Å²) in [5.74, 6) is 2.14. The fourth-order valence-electron chi connectivity index (χ4n) is 3.48. The standard InChI is InChI=1S/C22H27FN8O2S/c1-3-34(32,33)26-11-16-13-31(14-16)21-10-19(28-20-12-24-8-9-25-20)29-22(30-21)27-15(2)17-4-6-18(23)7-5-17/h4-10,12,15-16,26H,3,11,13-14H2,1-2H3,(H2,25,27,28,29,30). The van der Waals surface area contributed by atoms with Crippen molar-refractivity contribution < 1.29 is 12.8 Å². The van der Waals surface area contributed by atoms with Gasteiger partial charge < -0.3 is 15.5 Å². The molecule has 0 saturated carbocycles. The third-order valence-corrected chi connectivity index (χ3v) is 6.87. The first-order valence-corrected chi connectivity index (χ1v) is 12.6.